The van der Waals surface area contributed by atoms with Gasteiger partial charge in [-0.25, -0.2) is 22.9 Å². The molecule has 0 fully saturated rings. The zero-order valence-electron chi connectivity index (χ0n) is 15.1. The molecule has 2 aromatic rings. The topological polar surface area (TPSA) is 88.6 Å². The van der Waals surface area contributed by atoms with Gasteiger partial charge in [-0.15, -0.1) is 0 Å². The van der Waals surface area contributed by atoms with E-state index in [-0.39, 0.29) is 11.4 Å². The van der Waals surface area contributed by atoms with Crippen molar-refractivity contribution in [3.8, 4) is 0 Å². The number of methoxy groups -OCH3 is 1. The molecule has 1 N–H and O–H groups in total. The molecule has 7 nitrogen and oxygen atoms in total. The van der Waals surface area contributed by atoms with Crippen LogP contribution in [0.4, 0.5) is 5.82 Å². The predicted molar refractivity (Wildman–Crippen MR) is 99.6 cm³/mol. The lowest BCUT2D eigenvalue weighted by Gasteiger charge is -2.19. The number of nitrogens with zero attached hydrogens (tertiary/aromatic N) is 2. The Hall–Kier alpha value is -2.45. The second-order valence-corrected chi connectivity index (χ2v) is 7.30. The number of ether oxygens (including phenoxy) is 1. The summed E-state index contributed by atoms with van der Waals surface area (Å²) >= 11 is 0. The molecule has 2 rings (SSSR count). The van der Waals surface area contributed by atoms with Crippen LogP contribution in [0.25, 0.3) is 0 Å². The van der Waals surface area contributed by atoms with Crippen molar-refractivity contribution in [2.45, 2.75) is 25.3 Å². The third-order valence-electron chi connectivity index (χ3n) is 3.95. The van der Waals surface area contributed by atoms with E-state index in [4.69, 9.17) is 0 Å². The molecule has 0 saturated heterocycles. The molecule has 0 radical (unpaired) electrons. The Balaban J connectivity index is 2.04. The van der Waals surface area contributed by atoms with Crippen LogP contribution in [0.5, 0.6) is 0 Å². The van der Waals surface area contributed by atoms with Crippen LogP contribution in [-0.2, 0) is 21.3 Å². The summed E-state index contributed by atoms with van der Waals surface area (Å²) in [5, 5.41) is 0. The SMILES string of the molecule is CCN(CC)c1ccc(CNS(=O)(=O)c2ccc(C(=O)OC)cc2)cn1. The number of rotatable bonds is 8. The van der Waals surface area contributed by atoms with E-state index >= 15 is 0 Å². The van der Waals surface area contributed by atoms with Crippen molar-refractivity contribution in [2.75, 3.05) is 25.1 Å². The minimum absolute atomic E-state index is 0.0814. The first-order chi connectivity index (χ1) is 12.4. The van der Waals surface area contributed by atoms with Crippen molar-refractivity contribution in [2.24, 2.45) is 0 Å². The molecule has 1 heterocycles. The fourth-order valence-corrected chi connectivity index (χ4v) is 3.42. The van der Waals surface area contributed by atoms with E-state index in [2.05, 4.69) is 33.2 Å². The van der Waals surface area contributed by atoms with E-state index in [1.807, 2.05) is 12.1 Å². The van der Waals surface area contributed by atoms with Crippen molar-refractivity contribution in [3.05, 3.63) is 53.7 Å². The molecule has 0 amide bonds. The first-order valence-corrected chi connectivity index (χ1v) is 9.77. The molecule has 0 bridgehead atoms. The number of sulfonamides is 1. The van der Waals surface area contributed by atoms with Crippen LogP contribution in [0.2, 0.25) is 0 Å². The molecule has 26 heavy (non-hydrogen) atoms. The lowest BCUT2D eigenvalue weighted by atomic mass is 10.2. The van der Waals surface area contributed by atoms with Crippen LogP contribution >= 0.6 is 0 Å². The molecule has 0 aliphatic heterocycles. The summed E-state index contributed by atoms with van der Waals surface area (Å²) in [5.41, 5.74) is 1.05. The quantitative estimate of drug-likeness (QED) is 0.710. The third-order valence-corrected chi connectivity index (χ3v) is 5.37. The molecule has 0 unspecified atom stereocenters. The summed E-state index contributed by atoms with van der Waals surface area (Å²) in [7, 11) is -2.41. The van der Waals surface area contributed by atoms with Gasteiger partial charge in [-0.1, -0.05) is 6.07 Å². The number of esters is 1. The Labute approximate surface area is 154 Å². The van der Waals surface area contributed by atoms with Gasteiger partial charge in [0.2, 0.25) is 10.0 Å². The van der Waals surface area contributed by atoms with Crippen LogP contribution in [-0.4, -0.2) is 39.6 Å². The third kappa shape index (κ3) is 4.80. The normalized spacial score (nSPS) is 11.2. The first kappa shape index (κ1) is 19.9. The largest absolute Gasteiger partial charge is 0.465 e. The number of aromatic nitrogens is 1. The van der Waals surface area contributed by atoms with Gasteiger partial charge >= 0.3 is 5.97 Å². The highest BCUT2D eigenvalue weighted by Crippen LogP contribution is 2.14. The number of pyridine rings is 1. The van der Waals surface area contributed by atoms with Gasteiger partial charge in [0.1, 0.15) is 5.82 Å². The van der Waals surface area contributed by atoms with Crippen molar-refractivity contribution in [1.82, 2.24) is 9.71 Å². The van der Waals surface area contributed by atoms with Crippen molar-refractivity contribution in [3.63, 3.8) is 0 Å². The van der Waals surface area contributed by atoms with Gasteiger partial charge < -0.3 is 9.64 Å². The summed E-state index contributed by atoms with van der Waals surface area (Å²) in [5.74, 6) is 0.348. The number of carbonyl (C=O) groups excluding carboxylic acids is 1. The van der Waals surface area contributed by atoms with Gasteiger partial charge in [0.15, 0.2) is 0 Å². The molecule has 8 heteroatoms. The monoisotopic (exact) mass is 377 g/mol. The molecule has 140 valence electrons. The van der Waals surface area contributed by atoms with Crippen molar-refractivity contribution < 1.29 is 17.9 Å². The predicted octanol–water partition coefficient (Wildman–Crippen LogP) is 2.19. The summed E-state index contributed by atoms with van der Waals surface area (Å²) < 4.78 is 31.9. The Morgan fingerprint density at radius 3 is 2.27 bits per heavy atom. The van der Waals surface area contributed by atoms with Gasteiger partial charge in [0, 0.05) is 25.8 Å². The second-order valence-electron chi connectivity index (χ2n) is 5.54. The smallest absolute Gasteiger partial charge is 0.337 e. The maximum Gasteiger partial charge on any atom is 0.337 e. The van der Waals surface area contributed by atoms with Crippen LogP contribution in [0.15, 0.2) is 47.5 Å². The van der Waals surface area contributed by atoms with Gasteiger partial charge in [-0.3, -0.25) is 0 Å². The van der Waals surface area contributed by atoms with E-state index in [0.717, 1.165) is 24.5 Å². The minimum atomic E-state index is -3.68. The minimum Gasteiger partial charge on any atom is -0.465 e. The summed E-state index contributed by atoms with van der Waals surface area (Å²) in [6.07, 6.45) is 1.66. The first-order valence-electron chi connectivity index (χ1n) is 8.29. The van der Waals surface area contributed by atoms with Gasteiger partial charge in [0.25, 0.3) is 0 Å². The molecule has 1 aromatic carbocycles. The average Bonchev–Trinajstić information content (AvgIpc) is 2.68. The molecule has 0 spiro atoms. The standard InChI is InChI=1S/C18H23N3O4S/c1-4-21(5-2)17-11-6-14(12-19-17)13-20-26(23,24)16-9-7-15(8-10-16)18(22)25-3/h6-12,20H,4-5,13H2,1-3H3. The highest BCUT2D eigenvalue weighted by Gasteiger charge is 2.15. The average molecular weight is 377 g/mol. The van der Waals surface area contributed by atoms with Crippen LogP contribution < -0.4 is 9.62 Å². The van der Waals surface area contributed by atoms with Gasteiger partial charge in [-0.05, 0) is 49.7 Å². The molecule has 0 atom stereocenters. The molecular formula is C18H23N3O4S. The number of hydrogen-bond acceptors (Lipinski definition) is 6. The number of carbonyl (C=O) groups is 1. The highest BCUT2D eigenvalue weighted by atomic mass is 32.2. The Bertz CT molecular complexity index is 830. The van der Waals surface area contributed by atoms with Gasteiger partial charge in [0.05, 0.1) is 17.6 Å². The van der Waals surface area contributed by atoms with E-state index in [1.165, 1.54) is 31.4 Å². The van der Waals surface area contributed by atoms with Crippen LogP contribution in [0, 0.1) is 0 Å². The maximum absolute atomic E-state index is 12.4. The molecule has 0 saturated carbocycles. The molecule has 1 aromatic heterocycles. The Kier molecular flexibility index (Phi) is 6.70. The molecule has 0 aliphatic rings. The molecule has 0 aliphatic carbocycles. The number of nitrogens with one attached hydrogen (secondary N) is 1. The summed E-state index contributed by atoms with van der Waals surface area (Å²) in [6, 6.07) is 9.31. The fourth-order valence-electron chi connectivity index (χ4n) is 2.41. The Morgan fingerprint density at radius 1 is 1.12 bits per heavy atom. The van der Waals surface area contributed by atoms with E-state index in [0.29, 0.717) is 5.56 Å². The van der Waals surface area contributed by atoms with E-state index < -0.39 is 16.0 Å². The lowest BCUT2D eigenvalue weighted by Crippen LogP contribution is -2.24. The summed E-state index contributed by atoms with van der Waals surface area (Å²) in [6.45, 7) is 5.96. The fraction of sp³-hybridized carbons (Fsp3) is 0.333. The van der Waals surface area contributed by atoms with Crippen LogP contribution in [0.1, 0.15) is 29.8 Å². The van der Waals surface area contributed by atoms with E-state index in [1.54, 1.807) is 6.20 Å². The Morgan fingerprint density at radius 2 is 1.77 bits per heavy atom. The summed E-state index contributed by atoms with van der Waals surface area (Å²) in [4.78, 5) is 18.0. The zero-order valence-corrected chi connectivity index (χ0v) is 15.9. The van der Waals surface area contributed by atoms with Crippen molar-refractivity contribution in [1.29, 1.82) is 0 Å². The van der Waals surface area contributed by atoms with Gasteiger partial charge in [-0.2, -0.15) is 0 Å². The number of anilines is 1. The van der Waals surface area contributed by atoms with Crippen molar-refractivity contribution >= 4 is 21.8 Å². The van der Waals surface area contributed by atoms with E-state index in [9.17, 15) is 13.2 Å². The maximum atomic E-state index is 12.4. The number of benzene rings is 1. The van der Waals surface area contributed by atoms with Crippen LogP contribution in [0.3, 0.4) is 0 Å². The lowest BCUT2D eigenvalue weighted by molar-refractivity contribution is 0.0600. The molecular weight excluding hydrogens is 354 g/mol. The number of hydrogen-bond donors (Lipinski definition) is 1. The second kappa shape index (κ2) is 8.77. The zero-order chi connectivity index (χ0) is 19.2. The highest BCUT2D eigenvalue weighted by molar-refractivity contribution is 7.89.